The van der Waals surface area contributed by atoms with Crippen LogP contribution in [0.5, 0.6) is 5.75 Å². The van der Waals surface area contributed by atoms with Gasteiger partial charge in [0.05, 0.1) is 19.2 Å². The van der Waals surface area contributed by atoms with E-state index in [1.807, 2.05) is 109 Å². The Balaban J connectivity index is 1.34. The van der Waals surface area contributed by atoms with Gasteiger partial charge < -0.3 is 25.4 Å². The van der Waals surface area contributed by atoms with Gasteiger partial charge in [-0.1, -0.05) is 115 Å². The predicted octanol–water partition coefficient (Wildman–Crippen LogP) is 8.08. The van der Waals surface area contributed by atoms with Crippen molar-refractivity contribution in [1.29, 1.82) is 0 Å². The highest BCUT2D eigenvalue weighted by Gasteiger charge is 2.19. The first kappa shape index (κ1) is 33.2. The number of amides is 2. The Hall–Kier alpha value is -6.75. The van der Waals surface area contributed by atoms with Gasteiger partial charge in [-0.2, -0.15) is 15.0 Å². The maximum atomic E-state index is 13.2. The zero-order chi connectivity index (χ0) is 34.7. The van der Waals surface area contributed by atoms with Gasteiger partial charge >= 0.3 is 12.0 Å². The van der Waals surface area contributed by atoms with Crippen LogP contribution < -0.4 is 25.6 Å². The molecule has 0 fully saturated rings. The number of aliphatic carboxylic acids is 1. The summed E-state index contributed by atoms with van der Waals surface area (Å²) in [6.45, 7) is 0.409. The van der Waals surface area contributed by atoms with Gasteiger partial charge in [-0.3, -0.25) is 10.1 Å². The molecule has 0 bridgehead atoms. The molecule has 11 nitrogen and oxygen atoms in total. The molecule has 0 saturated carbocycles. The fraction of sp³-hybridized carbons (Fsp3) is 0.103. The van der Waals surface area contributed by atoms with Crippen molar-refractivity contribution in [2.75, 3.05) is 34.5 Å². The molecule has 50 heavy (non-hydrogen) atoms. The molecule has 0 aliphatic heterocycles. The van der Waals surface area contributed by atoms with Crippen LogP contribution in [-0.4, -0.2) is 45.7 Å². The second kappa shape index (κ2) is 15.9. The first-order chi connectivity index (χ1) is 24.4. The van der Waals surface area contributed by atoms with Gasteiger partial charge in [-0.25, -0.2) is 4.79 Å². The lowest BCUT2D eigenvalue weighted by Crippen LogP contribution is -2.29. The smallest absolute Gasteiger partial charge is 0.326 e. The van der Waals surface area contributed by atoms with Crippen molar-refractivity contribution in [2.45, 2.75) is 13.0 Å². The molecule has 2 amide bonds. The number of hydrogen-bond donors (Lipinski definition) is 4. The molecule has 4 N–H and O–H groups in total. The minimum atomic E-state index is -0.965. The maximum absolute atomic E-state index is 13.2. The van der Waals surface area contributed by atoms with E-state index in [9.17, 15) is 14.7 Å². The molecule has 0 atom stereocenters. The van der Waals surface area contributed by atoms with Crippen molar-refractivity contribution >= 4 is 41.2 Å². The number of aromatic nitrogens is 3. The molecule has 0 aliphatic carbocycles. The van der Waals surface area contributed by atoms with Gasteiger partial charge in [-0.05, 0) is 40.5 Å². The van der Waals surface area contributed by atoms with E-state index in [0.717, 1.165) is 33.5 Å². The van der Waals surface area contributed by atoms with Gasteiger partial charge in [0.15, 0.2) is 0 Å². The summed E-state index contributed by atoms with van der Waals surface area (Å²) in [5.74, 6) is -0.182. The first-order valence-corrected chi connectivity index (χ1v) is 15.9. The molecule has 0 unspecified atom stereocenters. The highest BCUT2D eigenvalue weighted by atomic mass is 16.5. The van der Waals surface area contributed by atoms with E-state index in [0.29, 0.717) is 18.0 Å². The fourth-order valence-electron chi connectivity index (χ4n) is 5.34. The van der Waals surface area contributed by atoms with E-state index in [1.165, 1.54) is 7.11 Å². The molecule has 0 saturated heterocycles. The summed E-state index contributed by atoms with van der Waals surface area (Å²) >= 11 is 0. The number of nitrogens with zero attached hydrogens (tertiary/aromatic N) is 4. The second-order valence-electron chi connectivity index (χ2n) is 11.2. The molecule has 11 heteroatoms. The number of nitrogens with one attached hydrogen (secondary N) is 3. The molecular formula is C39H35N7O4. The first-order valence-electron chi connectivity index (χ1n) is 15.9. The molecule has 0 radical (unpaired) electrons. The van der Waals surface area contributed by atoms with Crippen LogP contribution in [-0.2, 0) is 11.3 Å². The number of urea groups is 1. The Labute approximate surface area is 289 Å². The summed E-state index contributed by atoms with van der Waals surface area (Å²) in [5, 5.41) is 18.4. The summed E-state index contributed by atoms with van der Waals surface area (Å²) in [7, 11) is 1.52. The molecule has 250 valence electrons. The Kier molecular flexibility index (Phi) is 10.5. The van der Waals surface area contributed by atoms with Gasteiger partial charge in [0.2, 0.25) is 17.8 Å². The molecule has 0 aliphatic rings. The van der Waals surface area contributed by atoms with Crippen molar-refractivity contribution in [3.63, 3.8) is 0 Å². The number of ether oxygens (including phenoxy) is 1. The number of carboxylic acids is 1. The number of methoxy groups -OCH3 is 1. The molecule has 1 aromatic heterocycles. The van der Waals surface area contributed by atoms with Crippen molar-refractivity contribution < 1.29 is 19.4 Å². The van der Waals surface area contributed by atoms with E-state index in [-0.39, 0.29) is 30.8 Å². The van der Waals surface area contributed by atoms with Crippen LogP contribution in [0.25, 0.3) is 22.3 Å². The van der Waals surface area contributed by atoms with E-state index >= 15 is 0 Å². The van der Waals surface area contributed by atoms with Crippen molar-refractivity contribution in [2.24, 2.45) is 0 Å². The van der Waals surface area contributed by atoms with E-state index < -0.39 is 12.0 Å². The predicted molar refractivity (Wildman–Crippen MR) is 196 cm³/mol. The average molecular weight is 666 g/mol. The zero-order valence-electron chi connectivity index (χ0n) is 27.3. The van der Waals surface area contributed by atoms with Crippen LogP contribution in [0.15, 0.2) is 133 Å². The Morgan fingerprint density at radius 2 is 1.26 bits per heavy atom. The van der Waals surface area contributed by atoms with Crippen molar-refractivity contribution in [1.82, 2.24) is 15.0 Å². The molecular weight excluding hydrogens is 630 g/mol. The SMILES string of the molecule is COc1ccccc1NC(=O)Nc1nc(Nc2ccccc2-c2ccccc2)nc(N(CCC(=O)O)Cc2ccc(-c3ccccc3)cc2)n1. The lowest BCUT2D eigenvalue weighted by atomic mass is 10.0. The van der Waals surface area contributed by atoms with Crippen molar-refractivity contribution in [3.05, 3.63) is 139 Å². The molecule has 1 heterocycles. The number of para-hydroxylation sites is 3. The normalized spacial score (nSPS) is 10.6. The highest BCUT2D eigenvalue weighted by Crippen LogP contribution is 2.30. The lowest BCUT2D eigenvalue weighted by Gasteiger charge is -2.23. The highest BCUT2D eigenvalue weighted by molar-refractivity contribution is 5.99. The quantitative estimate of drug-likeness (QED) is 0.0963. The maximum Gasteiger partial charge on any atom is 0.326 e. The van der Waals surface area contributed by atoms with Gasteiger partial charge in [0.25, 0.3) is 0 Å². The van der Waals surface area contributed by atoms with Gasteiger partial charge in [-0.15, -0.1) is 0 Å². The summed E-state index contributed by atoms with van der Waals surface area (Å²) in [6.07, 6.45) is -0.162. The number of carbonyl (C=O) groups excluding carboxylic acids is 1. The molecule has 5 aromatic carbocycles. The van der Waals surface area contributed by atoms with Crippen LogP contribution >= 0.6 is 0 Å². The standard InChI is InChI=1S/C39H35N7O4/c1-50-34-19-11-10-18-33(34)41-39(49)45-37-42-36(40-32-17-9-8-16-31(32)30-14-6-3-7-15-30)43-38(44-37)46(25-24-35(47)48)26-27-20-22-29(23-21-27)28-12-4-2-5-13-28/h2-23H,24-26H2,1H3,(H,47,48)(H3,40,41,42,43,44,45,49). The lowest BCUT2D eigenvalue weighted by molar-refractivity contribution is -0.136. The number of carbonyl (C=O) groups is 2. The zero-order valence-corrected chi connectivity index (χ0v) is 27.3. The number of anilines is 5. The van der Waals surface area contributed by atoms with E-state index in [4.69, 9.17) is 9.72 Å². The summed E-state index contributed by atoms with van der Waals surface area (Å²) in [6, 6.07) is 42.1. The second-order valence-corrected chi connectivity index (χ2v) is 11.2. The third kappa shape index (κ3) is 8.58. The van der Waals surface area contributed by atoms with Crippen LogP contribution in [0, 0.1) is 0 Å². The fourth-order valence-corrected chi connectivity index (χ4v) is 5.34. The Bertz CT molecular complexity index is 2060. The minimum absolute atomic E-state index is 0.0400. The van der Waals surface area contributed by atoms with Gasteiger partial charge in [0, 0.05) is 24.3 Å². The van der Waals surface area contributed by atoms with Crippen LogP contribution in [0.4, 0.5) is 34.0 Å². The van der Waals surface area contributed by atoms with Crippen LogP contribution in [0.2, 0.25) is 0 Å². The number of rotatable bonds is 13. The molecule has 0 spiro atoms. The van der Waals surface area contributed by atoms with E-state index in [2.05, 4.69) is 25.9 Å². The number of carboxylic acid groups (broad SMARTS) is 1. The van der Waals surface area contributed by atoms with Crippen LogP contribution in [0.1, 0.15) is 12.0 Å². The van der Waals surface area contributed by atoms with Gasteiger partial charge in [0.1, 0.15) is 5.75 Å². The minimum Gasteiger partial charge on any atom is -0.495 e. The van der Waals surface area contributed by atoms with E-state index in [1.54, 1.807) is 29.2 Å². The molecule has 6 rings (SSSR count). The third-order valence-corrected chi connectivity index (χ3v) is 7.78. The van der Waals surface area contributed by atoms with Crippen LogP contribution in [0.3, 0.4) is 0 Å². The number of hydrogen-bond acceptors (Lipinski definition) is 8. The largest absolute Gasteiger partial charge is 0.495 e. The Morgan fingerprint density at radius 1 is 0.660 bits per heavy atom. The molecule has 6 aromatic rings. The topological polar surface area (TPSA) is 142 Å². The summed E-state index contributed by atoms with van der Waals surface area (Å²) in [4.78, 5) is 40.6. The van der Waals surface area contributed by atoms with Crippen molar-refractivity contribution in [3.8, 4) is 28.0 Å². The summed E-state index contributed by atoms with van der Waals surface area (Å²) < 4.78 is 5.37. The monoisotopic (exact) mass is 665 g/mol. The third-order valence-electron chi connectivity index (χ3n) is 7.78. The Morgan fingerprint density at radius 3 is 1.96 bits per heavy atom. The number of benzene rings is 5. The summed E-state index contributed by atoms with van der Waals surface area (Å²) in [5.41, 5.74) is 6.16. The average Bonchev–Trinajstić information content (AvgIpc) is 3.14.